The Hall–Kier alpha value is -2.72. The molecule has 154 valence electrons. The van der Waals surface area contributed by atoms with Crippen molar-refractivity contribution >= 4 is 11.5 Å². The molecule has 0 unspecified atom stereocenters. The van der Waals surface area contributed by atoms with Gasteiger partial charge in [0.1, 0.15) is 11.3 Å². The Balaban J connectivity index is 1.69. The SMILES string of the molecule is O[C@@H]1COCC[C@H]1Nc1ncc2c(F)cc(-c3ccc(CC(F)F)cc3F)n2n1. The third kappa shape index (κ3) is 4.03. The van der Waals surface area contributed by atoms with Crippen molar-refractivity contribution < 1.29 is 27.4 Å². The Morgan fingerprint density at radius 3 is 2.79 bits per heavy atom. The van der Waals surface area contributed by atoms with Crippen LogP contribution in [0.4, 0.5) is 23.5 Å². The van der Waals surface area contributed by atoms with Gasteiger partial charge in [-0.2, -0.15) is 0 Å². The van der Waals surface area contributed by atoms with E-state index in [2.05, 4.69) is 15.4 Å². The van der Waals surface area contributed by atoms with Crippen LogP contribution in [0.25, 0.3) is 16.8 Å². The van der Waals surface area contributed by atoms with Crippen LogP contribution in [0.2, 0.25) is 0 Å². The standard InChI is InChI=1S/C19H18F4N4O2/c20-12-5-10(6-18(22)23)1-2-11(12)15-7-13(21)16-8-24-19(26-27(15)16)25-14-3-4-29-9-17(14)28/h1-2,5,7-8,14,17-18,28H,3-4,6,9H2,(H,25,26)/t14-,17-/m1/s1. The van der Waals surface area contributed by atoms with Crippen LogP contribution in [0.3, 0.4) is 0 Å². The summed E-state index contributed by atoms with van der Waals surface area (Å²) in [6.45, 7) is 0.649. The number of aliphatic hydroxyl groups is 1. The number of rotatable bonds is 5. The van der Waals surface area contributed by atoms with Crippen molar-refractivity contribution in [1.82, 2.24) is 14.6 Å². The molecule has 1 aliphatic rings. The summed E-state index contributed by atoms with van der Waals surface area (Å²) in [6.07, 6.45) is -2.11. The van der Waals surface area contributed by atoms with Crippen LogP contribution >= 0.6 is 0 Å². The van der Waals surface area contributed by atoms with Gasteiger partial charge < -0.3 is 15.2 Å². The van der Waals surface area contributed by atoms with E-state index >= 15 is 0 Å². The van der Waals surface area contributed by atoms with Crippen molar-refractivity contribution in [2.24, 2.45) is 0 Å². The van der Waals surface area contributed by atoms with Crippen LogP contribution in [0, 0.1) is 11.6 Å². The highest BCUT2D eigenvalue weighted by molar-refractivity contribution is 5.68. The molecule has 3 aromatic rings. The number of fused-ring (bicyclic) bond motifs is 1. The quantitative estimate of drug-likeness (QED) is 0.633. The summed E-state index contributed by atoms with van der Waals surface area (Å²) in [7, 11) is 0. The Bertz CT molecular complexity index is 1030. The number of aromatic nitrogens is 3. The number of ether oxygens (including phenoxy) is 1. The molecule has 0 amide bonds. The van der Waals surface area contributed by atoms with Crippen molar-refractivity contribution in [3.63, 3.8) is 0 Å². The van der Waals surface area contributed by atoms with Gasteiger partial charge in [-0.15, -0.1) is 5.10 Å². The molecule has 2 N–H and O–H groups in total. The van der Waals surface area contributed by atoms with Gasteiger partial charge in [0.25, 0.3) is 0 Å². The third-order valence-corrected chi connectivity index (χ3v) is 4.81. The number of nitrogens with zero attached hydrogens (tertiary/aromatic N) is 3. The Labute approximate surface area is 163 Å². The zero-order valence-corrected chi connectivity index (χ0v) is 15.2. The Kier molecular flexibility index (Phi) is 5.37. The molecule has 1 saturated heterocycles. The summed E-state index contributed by atoms with van der Waals surface area (Å²) in [5.41, 5.74) is 0.330. The van der Waals surface area contributed by atoms with Gasteiger partial charge in [-0.05, 0) is 24.1 Å². The van der Waals surface area contributed by atoms with Gasteiger partial charge in [0.05, 0.1) is 30.6 Å². The maximum Gasteiger partial charge on any atom is 0.242 e. The zero-order chi connectivity index (χ0) is 20.5. The molecule has 1 aromatic carbocycles. The van der Waals surface area contributed by atoms with Crippen molar-refractivity contribution in [2.75, 3.05) is 18.5 Å². The fourth-order valence-electron chi connectivity index (χ4n) is 3.34. The van der Waals surface area contributed by atoms with Crippen LogP contribution in [0.15, 0.2) is 30.5 Å². The number of aliphatic hydroxyl groups excluding tert-OH is 1. The second kappa shape index (κ2) is 7.96. The van der Waals surface area contributed by atoms with Gasteiger partial charge in [-0.25, -0.2) is 27.1 Å². The molecule has 0 aliphatic carbocycles. The fraction of sp³-hybridized carbons (Fsp3) is 0.368. The molecule has 0 spiro atoms. The highest BCUT2D eigenvalue weighted by Gasteiger charge is 2.25. The van der Waals surface area contributed by atoms with E-state index in [4.69, 9.17) is 4.74 Å². The Morgan fingerprint density at radius 2 is 2.07 bits per heavy atom. The number of hydrogen-bond acceptors (Lipinski definition) is 5. The summed E-state index contributed by atoms with van der Waals surface area (Å²) in [5, 5.41) is 17.2. The first-order valence-electron chi connectivity index (χ1n) is 9.06. The minimum atomic E-state index is -2.59. The lowest BCUT2D eigenvalue weighted by atomic mass is 10.1. The van der Waals surface area contributed by atoms with Crippen LogP contribution in [-0.4, -0.2) is 51.5 Å². The first-order valence-corrected chi connectivity index (χ1v) is 9.06. The van der Waals surface area contributed by atoms with Crippen LogP contribution < -0.4 is 5.32 Å². The van der Waals surface area contributed by atoms with E-state index in [0.717, 1.165) is 12.1 Å². The lowest BCUT2D eigenvalue weighted by molar-refractivity contribution is -0.0136. The molecule has 2 atom stereocenters. The van der Waals surface area contributed by atoms with E-state index in [1.807, 2.05) is 0 Å². The molecule has 0 radical (unpaired) electrons. The van der Waals surface area contributed by atoms with Crippen molar-refractivity contribution in [2.45, 2.75) is 31.4 Å². The number of anilines is 1. The minimum absolute atomic E-state index is 0.0256. The van der Waals surface area contributed by atoms with Crippen LogP contribution in [-0.2, 0) is 11.2 Å². The highest BCUT2D eigenvalue weighted by atomic mass is 19.3. The predicted molar refractivity (Wildman–Crippen MR) is 96.9 cm³/mol. The zero-order valence-electron chi connectivity index (χ0n) is 15.2. The molecule has 3 heterocycles. The Morgan fingerprint density at radius 1 is 1.24 bits per heavy atom. The molecule has 4 rings (SSSR count). The van der Waals surface area contributed by atoms with E-state index in [9.17, 15) is 22.7 Å². The number of nitrogens with one attached hydrogen (secondary N) is 1. The summed E-state index contributed by atoms with van der Waals surface area (Å²) < 4.78 is 60.3. The maximum absolute atomic E-state index is 14.6. The van der Waals surface area contributed by atoms with Crippen molar-refractivity contribution in [1.29, 1.82) is 0 Å². The summed E-state index contributed by atoms with van der Waals surface area (Å²) in [4.78, 5) is 4.06. The second-order valence-electron chi connectivity index (χ2n) is 6.85. The van der Waals surface area contributed by atoms with Gasteiger partial charge in [-0.1, -0.05) is 6.07 Å². The minimum Gasteiger partial charge on any atom is -0.389 e. The van der Waals surface area contributed by atoms with E-state index in [-0.39, 0.29) is 40.9 Å². The first kappa shape index (κ1) is 19.6. The topological polar surface area (TPSA) is 71.7 Å². The number of halogens is 4. The number of benzene rings is 1. The number of alkyl halides is 2. The lowest BCUT2D eigenvalue weighted by Gasteiger charge is -2.28. The summed E-state index contributed by atoms with van der Waals surface area (Å²) in [6, 6.07) is 4.49. The molecule has 0 saturated carbocycles. The van der Waals surface area contributed by atoms with E-state index < -0.39 is 30.6 Å². The van der Waals surface area contributed by atoms with E-state index in [0.29, 0.717) is 13.0 Å². The molecule has 0 bridgehead atoms. The molecule has 10 heteroatoms. The third-order valence-electron chi connectivity index (χ3n) is 4.81. The fourth-order valence-corrected chi connectivity index (χ4v) is 3.34. The molecule has 29 heavy (non-hydrogen) atoms. The van der Waals surface area contributed by atoms with Gasteiger partial charge >= 0.3 is 0 Å². The smallest absolute Gasteiger partial charge is 0.242 e. The predicted octanol–water partition coefficient (Wildman–Crippen LogP) is 3.04. The van der Waals surface area contributed by atoms with Crippen molar-refractivity contribution in [3.8, 4) is 11.3 Å². The van der Waals surface area contributed by atoms with Crippen LogP contribution in [0.1, 0.15) is 12.0 Å². The second-order valence-corrected chi connectivity index (χ2v) is 6.85. The molecule has 1 aliphatic heterocycles. The van der Waals surface area contributed by atoms with Crippen LogP contribution in [0.5, 0.6) is 0 Å². The molecule has 2 aromatic heterocycles. The van der Waals surface area contributed by atoms with E-state index in [1.165, 1.54) is 22.8 Å². The summed E-state index contributed by atoms with van der Waals surface area (Å²) >= 11 is 0. The molecule has 1 fully saturated rings. The normalized spacial score (nSPS) is 19.8. The van der Waals surface area contributed by atoms with Crippen molar-refractivity contribution in [3.05, 3.63) is 47.7 Å². The van der Waals surface area contributed by atoms with Gasteiger partial charge in [0.15, 0.2) is 5.82 Å². The highest BCUT2D eigenvalue weighted by Crippen LogP contribution is 2.28. The first-order chi connectivity index (χ1) is 13.9. The lowest BCUT2D eigenvalue weighted by Crippen LogP contribution is -2.42. The summed E-state index contributed by atoms with van der Waals surface area (Å²) in [5.74, 6) is -1.26. The number of hydrogen-bond donors (Lipinski definition) is 2. The largest absolute Gasteiger partial charge is 0.389 e. The van der Waals surface area contributed by atoms with E-state index in [1.54, 1.807) is 0 Å². The molecular formula is C19H18F4N4O2. The van der Waals surface area contributed by atoms with Gasteiger partial charge in [-0.3, -0.25) is 0 Å². The average Bonchev–Trinajstić information content (AvgIpc) is 2.99. The average molecular weight is 410 g/mol. The monoisotopic (exact) mass is 410 g/mol. The maximum atomic E-state index is 14.6. The van der Waals surface area contributed by atoms with Gasteiger partial charge in [0.2, 0.25) is 12.4 Å². The van der Waals surface area contributed by atoms with Gasteiger partial charge in [0, 0.05) is 24.7 Å². The molecular weight excluding hydrogens is 392 g/mol. The molecule has 6 nitrogen and oxygen atoms in total.